The lowest BCUT2D eigenvalue weighted by Gasteiger charge is -2.58. The van der Waals surface area contributed by atoms with Gasteiger partial charge in [-0.2, -0.15) is 0 Å². The second-order valence-corrected chi connectivity index (χ2v) is 10.6. The van der Waals surface area contributed by atoms with Crippen LogP contribution in [0.2, 0.25) is 0 Å². The van der Waals surface area contributed by atoms with Crippen LogP contribution in [-0.2, 0) is 23.9 Å². The topological polar surface area (TPSA) is 97.7 Å². The molecule has 6 atom stereocenters. The lowest BCUT2D eigenvalue weighted by molar-refractivity contribution is -0.149. The quantitative estimate of drug-likeness (QED) is 0.643. The first-order valence-electron chi connectivity index (χ1n) is 11.7. The summed E-state index contributed by atoms with van der Waals surface area (Å²) in [5.41, 5.74) is 2.38. The van der Waals surface area contributed by atoms with Gasteiger partial charge in [-0.05, 0) is 78.8 Å². The van der Waals surface area contributed by atoms with Crippen LogP contribution in [0.4, 0.5) is 0 Å². The van der Waals surface area contributed by atoms with Crippen molar-refractivity contribution in [2.24, 2.45) is 34.5 Å². The van der Waals surface area contributed by atoms with Crippen LogP contribution in [0.25, 0.3) is 0 Å². The van der Waals surface area contributed by atoms with Crippen molar-refractivity contribution in [1.82, 2.24) is 0 Å². The van der Waals surface area contributed by atoms with Crippen molar-refractivity contribution in [3.8, 4) is 0 Å². The maximum Gasteiger partial charge on any atom is 0.303 e. The van der Waals surface area contributed by atoms with Crippen LogP contribution in [0.3, 0.4) is 0 Å². The zero-order valence-electron chi connectivity index (χ0n) is 19.7. The maximum absolute atomic E-state index is 12.8. The van der Waals surface area contributed by atoms with Gasteiger partial charge in [0.25, 0.3) is 5.97 Å². The molecule has 176 valence electrons. The summed E-state index contributed by atoms with van der Waals surface area (Å²) in [6.45, 7) is 11.3. The third-order valence-corrected chi connectivity index (χ3v) is 8.74. The number of ketones is 2. The van der Waals surface area contributed by atoms with Gasteiger partial charge in [0.2, 0.25) is 0 Å². The van der Waals surface area contributed by atoms with Gasteiger partial charge in [0, 0.05) is 26.2 Å². The highest BCUT2D eigenvalue weighted by molar-refractivity contribution is 5.92. The molecule has 0 heterocycles. The Kier molecular flexibility index (Phi) is 6.83. The standard InChI is InChI=1S/C24H32O4.C2H4O2/c1-14-11-17-18-5-6-20(22(27)13-28-15(2)25)23(18,3)10-8-19(17)24(4)9-7-16(26)12-21(14)24;1-2(3)4/h12,17-20H,1,5-11,13H2,2-4H3;1H3,(H,3,4)/t17-,18-,19-,20+,23-,24+;/m0./s1. The molecule has 0 radical (unpaired) electrons. The molecule has 0 unspecified atom stereocenters. The highest BCUT2D eigenvalue weighted by Crippen LogP contribution is 2.67. The number of hydrogen-bond acceptors (Lipinski definition) is 5. The van der Waals surface area contributed by atoms with E-state index in [0.717, 1.165) is 51.0 Å². The molecule has 1 N–H and O–H groups in total. The first-order chi connectivity index (χ1) is 14.9. The molecule has 3 fully saturated rings. The number of Topliss-reactive ketones (excluding diaryl/α,β-unsaturated/α-hetero) is 1. The molecule has 0 aliphatic heterocycles. The summed E-state index contributed by atoms with van der Waals surface area (Å²) < 4.78 is 5.02. The Morgan fingerprint density at radius 2 is 1.78 bits per heavy atom. The summed E-state index contributed by atoms with van der Waals surface area (Å²) in [6.07, 6.45) is 8.49. The molecular weight excluding hydrogens is 408 g/mol. The smallest absolute Gasteiger partial charge is 0.303 e. The lowest BCUT2D eigenvalue weighted by Crippen LogP contribution is -2.51. The van der Waals surface area contributed by atoms with Crippen LogP contribution in [0.15, 0.2) is 23.8 Å². The van der Waals surface area contributed by atoms with Crippen LogP contribution in [0.1, 0.15) is 72.6 Å². The monoisotopic (exact) mass is 444 g/mol. The Morgan fingerprint density at radius 3 is 2.41 bits per heavy atom. The molecule has 0 bridgehead atoms. The molecule has 0 amide bonds. The van der Waals surface area contributed by atoms with E-state index in [-0.39, 0.29) is 40.9 Å². The van der Waals surface area contributed by atoms with E-state index in [1.807, 2.05) is 6.08 Å². The summed E-state index contributed by atoms with van der Waals surface area (Å²) >= 11 is 0. The number of ether oxygens (including phenoxy) is 1. The van der Waals surface area contributed by atoms with Gasteiger partial charge in [0.1, 0.15) is 6.61 Å². The number of fused-ring (bicyclic) bond motifs is 5. The van der Waals surface area contributed by atoms with Crippen molar-refractivity contribution in [2.45, 2.75) is 72.6 Å². The first-order valence-corrected chi connectivity index (χ1v) is 11.7. The number of hydrogen-bond donors (Lipinski definition) is 1. The van der Waals surface area contributed by atoms with Crippen molar-refractivity contribution >= 4 is 23.5 Å². The minimum atomic E-state index is -0.833. The molecule has 0 saturated heterocycles. The Morgan fingerprint density at radius 1 is 1.12 bits per heavy atom. The number of carbonyl (C=O) groups is 4. The van der Waals surface area contributed by atoms with Crippen LogP contribution >= 0.6 is 0 Å². The van der Waals surface area contributed by atoms with Gasteiger partial charge < -0.3 is 9.84 Å². The molecule has 3 saturated carbocycles. The van der Waals surface area contributed by atoms with Gasteiger partial charge in [0.05, 0.1) is 0 Å². The predicted octanol–water partition coefficient (Wildman–Crippen LogP) is 4.52. The van der Waals surface area contributed by atoms with Crippen molar-refractivity contribution in [3.05, 3.63) is 23.8 Å². The van der Waals surface area contributed by atoms with E-state index in [0.29, 0.717) is 24.2 Å². The Labute approximate surface area is 190 Å². The Bertz CT molecular complexity index is 866. The van der Waals surface area contributed by atoms with E-state index in [4.69, 9.17) is 14.6 Å². The normalized spacial score (nSPS) is 37.7. The molecule has 4 aliphatic carbocycles. The van der Waals surface area contributed by atoms with Crippen LogP contribution in [-0.4, -0.2) is 35.2 Å². The molecule has 6 heteroatoms. The number of esters is 1. The highest BCUT2D eigenvalue weighted by Gasteiger charge is 2.60. The largest absolute Gasteiger partial charge is 0.481 e. The van der Waals surface area contributed by atoms with Crippen molar-refractivity contribution < 1.29 is 29.0 Å². The van der Waals surface area contributed by atoms with Crippen molar-refractivity contribution in [3.63, 3.8) is 0 Å². The van der Waals surface area contributed by atoms with Crippen molar-refractivity contribution in [2.75, 3.05) is 6.61 Å². The third-order valence-electron chi connectivity index (χ3n) is 8.74. The molecule has 6 nitrogen and oxygen atoms in total. The summed E-state index contributed by atoms with van der Waals surface area (Å²) in [7, 11) is 0. The minimum absolute atomic E-state index is 0.0104. The molecule has 0 aromatic heterocycles. The fourth-order valence-corrected chi connectivity index (χ4v) is 7.37. The van der Waals surface area contributed by atoms with Gasteiger partial charge in [-0.25, -0.2) is 0 Å². The molecule has 4 rings (SSSR count). The summed E-state index contributed by atoms with van der Waals surface area (Å²) in [4.78, 5) is 45.0. The average Bonchev–Trinajstić information content (AvgIpc) is 3.05. The maximum atomic E-state index is 12.8. The summed E-state index contributed by atoms with van der Waals surface area (Å²) in [6, 6.07) is 0. The number of rotatable bonds is 3. The van der Waals surface area contributed by atoms with E-state index in [2.05, 4.69) is 20.4 Å². The molecule has 0 aromatic rings. The fraction of sp³-hybridized carbons (Fsp3) is 0.692. The molecular formula is C26H36O6. The molecule has 0 aromatic carbocycles. The summed E-state index contributed by atoms with van der Waals surface area (Å²) in [5, 5.41) is 7.42. The predicted molar refractivity (Wildman–Crippen MR) is 120 cm³/mol. The minimum Gasteiger partial charge on any atom is -0.481 e. The highest BCUT2D eigenvalue weighted by atomic mass is 16.5. The number of carbonyl (C=O) groups excluding carboxylic acids is 3. The van der Waals surface area contributed by atoms with Crippen LogP contribution < -0.4 is 0 Å². The van der Waals surface area contributed by atoms with Crippen molar-refractivity contribution in [1.29, 1.82) is 0 Å². The van der Waals surface area contributed by atoms with E-state index in [1.165, 1.54) is 12.5 Å². The van der Waals surface area contributed by atoms with E-state index < -0.39 is 5.97 Å². The Hall–Kier alpha value is -2.24. The van der Waals surface area contributed by atoms with Crippen LogP contribution in [0, 0.1) is 34.5 Å². The van der Waals surface area contributed by atoms with Gasteiger partial charge >= 0.3 is 5.97 Å². The van der Waals surface area contributed by atoms with Gasteiger partial charge in [0.15, 0.2) is 11.6 Å². The molecule has 0 spiro atoms. The Balaban J connectivity index is 0.000000668. The fourth-order valence-electron chi connectivity index (χ4n) is 7.37. The summed E-state index contributed by atoms with van der Waals surface area (Å²) in [5.74, 6) is 0.701. The zero-order valence-corrected chi connectivity index (χ0v) is 19.7. The van der Waals surface area contributed by atoms with Gasteiger partial charge in [-0.15, -0.1) is 0 Å². The zero-order chi connectivity index (χ0) is 23.8. The number of allylic oxidation sites excluding steroid dienone is 2. The van der Waals surface area contributed by atoms with Crippen LogP contribution in [0.5, 0.6) is 0 Å². The van der Waals surface area contributed by atoms with E-state index in [1.54, 1.807) is 0 Å². The molecule has 32 heavy (non-hydrogen) atoms. The third kappa shape index (κ3) is 4.33. The van der Waals surface area contributed by atoms with E-state index >= 15 is 0 Å². The van der Waals surface area contributed by atoms with Gasteiger partial charge in [-0.3, -0.25) is 19.2 Å². The number of carboxylic acid groups (broad SMARTS) is 1. The molecule has 4 aliphatic rings. The second-order valence-electron chi connectivity index (χ2n) is 10.6. The van der Waals surface area contributed by atoms with E-state index in [9.17, 15) is 14.4 Å². The first kappa shape index (κ1) is 24.4. The lowest BCUT2D eigenvalue weighted by atomic mass is 9.46. The average molecular weight is 445 g/mol. The SMILES string of the molecule is C=C1C[C@H]2[C@@H]3CC[C@H](C(=O)COC(C)=O)[C@@]3(C)CC[C@@H]2[C@@]2(C)CCC(=O)C=C12.CC(=O)O. The number of aliphatic carboxylic acids is 1. The second kappa shape index (κ2) is 8.95. The van der Waals surface area contributed by atoms with Gasteiger partial charge in [-0.1, -0.05) is 26.0 Å². The number of carboxylic acids is 1.